The molecule has 0 bridgehead atoms. The third-order valence-electron chi connectivity index (χ3n) is 3.43. The molecule has 0 aliphatic rings. The summed E-state index contributed by atoms with van der Waals surface area (Å²) >= 11 is 1.83. The minimum atomic E-state index is 0.541. The van der Waals surface area contributed by atoms with Gasteiger partial charge in [0.15, 0.2) is 0 Å². The molecule has 0 amide bonds. The summed E-state index contributed by atoms with van der Waals surface area (Å²) in [6, 6.07) is 14.4. The fourth-order valence-electron chi connectivity index (χ4n) is 2.31. The van der Waals surface area contributed by atoms with Crippen LogP contribution in [0.1, 0.15) is 12.5 Å². The van der Waals surface area contributed by atoms with E-state index in [1.54, 1.807) is 7.11 Å². The van der Waals surface area contributed by atoms with Crippen LogP contribution in [0.2, 0.25) is 0 Å². The number of nitrogens with two attached hydrogens (primary N) is 1. The monoisotopic (exact) mass is 302 g/mol. The Labute approximate surface area is 131 Å². The van der Waals surface area contributed by atoms with Gasteiger partial charge in [-0.25, -0.2) is 0 Å². The second-order valence-electron chi connectivity index (χ2n) is 4.65. The van der Waals surface area contributed by atoms with E-state index in [-0.39, 0.29) is 0 Å². The Hall–Kier alpha value is -1.65. The summed E-state index contributed by atoms with van der Waals surface area (Å²) in [5.41, 5.74) is 9.45. The highest BCUT2D eigenvalue weighted by Crippen LogP contribution is 2.33. The highest BCUT2D eigenvalue weighted by molar-refractivity contribution is 7.99. The third kappa shape index (κ3) is 3.52. The van der Waals surface area contributed by atoms with Crippen LogP contribution in [-0.4, -0.2) is 19.9 Å². The number of nitrogens with zero attached hydrogens (tertiary/aromatic N) is 1. The third-order valence-corrected chi connectivity index (χ3v) is 4.42. The molecule has 0 radical (unpaired) electrons. The fraction of sp³-hybridized carbons (Fsp3) is 0.294. The number of rotatable bonds is 6. The van der Waals surface area contributed by atoms with Gasteiger partial charge in [-0.3, -0.25) is 0 Å². The number of hydrogen-bond acceptors (Lipinski definition) is 4. The van der Waals surface area contributed by atoms with Crippen LogP contribution >= 0.6 is 11.8 Å². The molecule has 21 heavy (non-hydrogen) atoms. The summed E-state index contributed by atoms with van der Waals surface area (Å²) in [6.45, 7) is 2.70. The smallest absolute Gasteiger partial charge is 0.119 e. The Morgan fingerprint density at radius 3 is 2.43 bits per heavy atom. The first-order chi connectivity index (χ1) is 10.2. The Morgan fingerprint density at radius 1 is 1.14 bits per heavy atom. The van der Waals surface area contributed by atoms with Crippen molar-refractivity contribution in [1.82, 2.24) is 0 Å². The highest BCUT2D eigenvalue weighted by atomic mass is 32.2. The molecule has 0 heterocycles. The molecule has 0 aromatic heterocycles. The van der Waals surface area contributed by atoms with Gasteiger partial charge in [-0.2, -0.15) is 0 Å². The first-order valence-corrected chi connectivity index (χ1v) is 8.02. The summed E-state index contributed by atoms with van der Waals surface area (Å²) in [5, 5.41) is 0. The molecule has 0 fully saturated rings. The maximum atomic E-state index is 5.98. The van der Waals surface area contributed by atoms with E-state index in [0.29, 0.717) is 6.54 Å². The van der Waals surface area contributed by atoms with Crippen molar-refractivity contribution >= 4 is 23.1 Å². The number of methoxy groups -OCH3 is 1. The van der Waals surface area contributed by atoms with E-state index in [9.17, 15) is 0 Å². The molecule has 4 heteroatoms. The van der Waals surface area contributed by atoms with E-state index >= 15 is 0 Å². The Balaban J connectivity index is 2.37. The van der Waals surface area contributed by atoms with Gasteiger partial charge in [-0.15, -0.1) is 11.8 Å². The summed E-state index contributed by atoms with van der Waals surface area (Å²) < 4.78 is 5.21. The van der Waals surface area contributed by atoms with E-state index < -0.39 is 0 Å². The van der Waals surface area contributed by atoms with Crippen LogP contribution in [0.3, 0.4) is 0 Å². The van der Waals surface area contributed by atoms with Crippen molar-refractivity contribution in [3.05, 3.63) is 48.0 Å². The van der Waals surface area contributed by atoms with Crippen LogP contribution in [-0.2, 0) is 6.54 Å². The van der Waals surface area contributed by atoms with Crippen LogP contribution in [0.25, 0.3) is 0 Å². The number of hydrogen-bond donors (Lipinski definition) is 1. The molecule has 0 atom stereocenters. The lowest BCUT2D eigenvalue weighted by Gasteiger charge is -2.24. The van der Waals surface area contributed by atoms with Crippen LogP contribution in [0, 0.1) is 0 Å². The quantitative estimate of drug-likeness (QED) is 0.818. The van der Waals surface area contributed by atoms with E-state index in [1.807, 2.05) is 23.9 Å². The molecule has 0 unspecified atom stereocenters. The van der Waals surface area contributed by atoms with Gasteiger partial charge in [0, 0.05) is 35.4 Å². The first kappa shape index (κ1) is 15.7. The summed E-state index contributed by atoms with van der Waals surface area (Å²) in [6.07, 6.45) is 0. The minimum absolute atomic E-state index is 0.541. The van der Waals surface area contributed by atoms with Crippen molar-refractivity contribution in [3.63, 3.8) is 0 Å². The molecule has 2 aromatic carbocycles. The molecule has 0 aliphatic heterocycles. The predicted molar refractivity (Wildman–Crippen MR) is 91.8 cm³/mol. The van der Waals surface area contributed by atoms with Crippen molar-refractivity contribution in [3.8, 4) is 5.75 Å². The average molecular weight is 302 g/mol. The van der Waals surface area contributed by atoms with Crippen molar-refractivity contribution < 1.29 is 4.74 Å². The number of thioether (sulfide) groups is 1. The van der Waals surface area contributed by atoms with Gasteiger partial charge >= 0.3 is 0 Å². The second-order valence-corrected chi connectivity index (χ2v) is 5.95. The lowest BCUT2D eigenvalue weighted by molar-refractivity contribution is 0.415. The summed E-state index contributed by atoms with van der Waals surface area (Å²) in [7, 11) is 3.74. The molecule has 0 spiro atoms. The van der Waals surface area contributed by atoms with Gasteiger partial charge in [0.1, 0.15) is 5.75 Å². The lowest BCUT2D eigenvalue weighted by Crippen LogP contribution is -2.14. The van der Waals surface area contributed by atoms with Gasteiger partial charge in [0.05, 0.1) is 7.11 Å². The predicted octanol–water partition coefficient (Wildman–Crippen LogP) is 4.03. The van der Waals surface area contributed by atoms with Crippen LogP contribution in [0.15, 0.2) is 47.4 Å². The molecule has 2 N–H and O–H groups in total. The highest BCUT2D eigenvalue weighted by Gasteiger charge is 2.12. The number of ether oxygens (including phenoxy) is 1. The molecule has 2 rings (SSSR count). The Morgan fingerprint density at radius 2 is 1.86 bits per heavy atom. The van der Waals surface area contributed by atoms with Crippen molar-refractivity contribution in [1.29, 1.82) is 0 Å². The largest absolute Gasteiger partial charge is 0.497 e. The Bertz CT molecular complexity index is 584. The molecule has 0 saturated heterocycles. The zero-order chi connectivity index (χ0) is 15.2. The lowest BCUT2D eigenvalue weighted by atomic mass is 10.1. The number of benzene rings is 2. The van der Waals surface area contributed by atoms with Gasteiger partial charge in [0.25, 0.3) is 0 Å². The molecular weight excluding hydrogens is 280 g/mol. The minimum Gasteiger partial charge on any atom is -0.497 e. The van der Waals surface area contributed by atoms with Crippen LogP contribution < -0.4 is 15.4 Å². The van der Waals surface area contributed by atoms with Gasteiger partial charge < -0.3 is 15.4 Å². The standard InChI is InChI=1S/C17H22N2OS/c1-4-21-17-7-5-6-16(15(17)12-18)19(2)13-8-10-14(20-3)11-9-13/h5-11H,4,12,18H2,1-3H3. The zero-order valence-electron chi connectivity index (χ0n) is 12.8. The first-order valence-electron chi connectivity index (χ1n) is 7.03. The van der Waals surface area contributed by atoms with Crippen molar-refractivity contribution in [2.45, 2.75) is 18.4 Å². The van der Waals surface area contributed by atoms with Gasteiger partial charge in [-0.1, -0.05) is 13.0 Å². The normalized spacial score (nSPS) is 10.5. The van der Waals surface area contributed by atoms with E-state index in [0.717, 1.165) is 22.9 Å². The average Bonchev–Trinajstić information content (AvgIpc) is 2.54. The van der Waals surface area contributed by atoms with Crippen molar-refractivity contribution in [2.75, 3.05) is 24.8 Å². The van der Waals surface area contributed by atoms with E-state index in [1.165, 1.54) is 10.5 Å². The van der Waals surface area contributed by atoms with Crippen LogP contribution in [0.5, 0.6) is 5.75 Å². The maximum Gasteiger partial charge on any atom is 0.119 e. The maximum absolute atomic E-state index is 5.98. The summed E-state index contributed by atoms with van der Waals surface area (Å²) in [4.78, 5) is 3.43. The van der Waals surface area contributed by atoms with Gasteiger partial charge in [-0.05, 0) is 42.2 Å². The van der Waals surface area contributed by atoms with Crippen molar-refractivity contribution in [2.24, 2.45) is 5.73 Å². The molecule has 2 aromatic rings. The molecule has 112 valence electrons. The SMILES string of the molecule is CCSc1cccc(N(C)c2ccc(OC)cc2)c1CN. The summed E-state index contributed by atoms with van der Waals surface area (Å²) in [5.74, 6) is 1.91. The van der Waals surface area contributed by atoms with Crippen LogP contribution in [0.4, 0.5) is 11.4 Å². The molecular formula is C17H22N2OS. The number of anilines is 2. The molecule has 0 saturated carbocycles. The zero-order valence-corrected chi connectivity index (χ0v) is 13.6. The molecule has 3 nitrogen and oxygen atoms in total. The molecule has 0 aliphatic carbocycles. The second kappa shape index (κ2) is 7.38. The van der Waals surface area contributed by atoms with E-state index in [2.05, 4.69) is 49.2 Å². The fourth-order valence-corrected chi connectivity index (χ4v) is 3.16. The topological polar surface area (TPSA) is 38.5 Å². The Kier molecular flexibility index (Phi) is 5.53. The van der Waals surface area contributed by atoms with E-state index in [4.69, 9.17) is 10.5 Å². The van der Waals surface area contributed by atoms with Gasteiger partial charge in [0.2, 0.25) is 0 Å².